The number of alkyl carbamates (subject to hydrolysis) is 1. The molecular formula is C12H22N2O3. The molecule has 0 saturated carbocycles. The standard InChI is InChI=1S/C12H22N2O3/c1-3-16-9-12-5-4-6-14(12)8-10(7-12)17-11(15)13-2/h10H,3-9H2,1-2H3,(H,13,15)/t10-,12+/m1/s1. The van der Waals surface area contributed by atoms with Gasteiger partial charge in [-0.3, -0.25) is 4.90 Å². The Balaban J connectivity index is 1.94. The number of hydrogen-bond acceptors (Lipinski definition) is 4. The number of carbonyl (C=O) groups is 1. The molecule has 0 aliphatic carbocycles. The van der Waals surface area contributed by atoms with Crippen LogP contribution in [0.4, 0.5) is 4.79 Å². The van der Waals surface area contributed by atoms with Crippen molar-refractivity contribution in [1.29, 1.82) is 0 Å². The molecule has 2 rings (SSSR count). The van der Waals surface area contributed by atoms with Crippen molar-refractivity contribution in [3.63, 3.8) is 0 Å². The summed E-state index contributed by atoms with van der Waals surface area (Å²) in [7, 11) is 1.59. The number of rotatable bonds is 4. The minimum Gasteiger partial charge on any atom is -0.445 e. The maximum Gasteiger partial charge on any atom is 0.407 e. The van der Waals surface area contributed by atoms with E-state index in [9.17, 15) is 4.79 Å². The first-order valence-corrected chi connectivity index (χ1v) is 6.41. The molecule has 1 amide bonds. The average molecular weight is 242 g/mol. The second-order valence-electron chi connectivity index (χ2n) is 4.89. The van der Waals surface area contributed by atoms with Crippen LogP contribution >= 0.6 is 0 Å². The lowest BCUT2D eigenvalue weighted by atomic mass is 9.94. The lowest BCUT2D eigenvalue weighted by Gasteiger charge is -2.30. The molecule has 2 aliphatic rings. The number of nitrogens with one attached hydrogen (secondary N) is 1. The zero-order valence-corrected chi connectivity index (χ0v) is 10.7. The molecule has 2 aliphatic heterocycles. The highest BCUT2D eigenvalue weighted by Crippen LogP contribution is 2.40. The predicted octanol–water partition coefficient (Wildman–Crippen LogP) is 0.986. The Hall–Kier alpha value is -0.810. The number of nitrogens with zero attached hydrogens (tertiary/aromatic N) is 1. The summed E-state index contributed by atoms with van der Waals surface area (Å²) >= 11 is 0. The first kappa shape index (κ1) is 12.6. The Labute approximate surface area is 102 Å². The van der Waals surface area contributed by atoms with Gasteiger partial charge in [-0.2, -0.15) is 0 Å². The van der Waals surface area contributed by atoms with Gasteiger partial charge in [0.05, 0.1) is 6.61 Å². The zero-order chi connectivity index (χ0) is 12.3. The van der Waals surface area contributed by atoms with Crippen LogP contribution < -0.4 is 5.32 Å². The van der Waals surface area contributed by atoms with Crippen molar-refractivity contribution in [1.82, 2.24) is 10.2 Å². The van der Waals surface area contributed by atoms with E-state index >= 15 is 0 Å². The van der Waals surface area contributed by atoms with Crippen LogP contribution in [-0.2, 0) is 9.47 Å². The van der Waals surface area contributed by atoms with Crippen LogP contribution in [0.15, 0.2) is 0 Å². The molecule has 0 spiro atoms. The zero-order valence-electron chi connectivity index (χ0n) is 10.7. The molecular weight excluding hydrogens is 220 g/mol. The van der Waals surface area contributed by atoms with Gasteiger partial charge >= 0.3 is 6.09 Å². The maximum atomic E-state index is 11.2. The fourth-order valence-corrected chi connectivity index (χ4v) is 3.05. The smallest absolute Gasteiger partial charge is 0.407 e. The van der Waals surface area contributed by atoms with E-state index in [0.29, 0.717) is 0 Å². The van der Waals surface area contributed by atoms with E-state index in [2.05, 4.69) is 10.2 Å². The van der Waals surface area contributed by atoms with Crippen LogP contribution in [0.3, 0.4) is 0 Å². The van der Waals surface area contributed by atoms with Crippen molar-refractivity contribution in [3.05, 3.63) is 0 Å². The Kier molecular flexibility index (Phi) is 3.89. The summed E-state index contributed by atoms with van der Waals surface area (Å²) in [6, 6.07) is 0. The van der Waals surface area contributed by atoms with Gasteiger partial charge < -0.3 is 14.8 Å². The molecule has 0 bridgehead atoms. The van der Waals surface area contributed by atoms with Crippen molar-refractivity contribution >= 4 is 6.09 Å². The van der Waals surface area contributed by atoms with Crippen LogP contribution in [0.2, 0.25) is 0 Å². The third-order valence-corrected chi connectivity index (χ3v) is 3.83. The second-order valence-corrected chi connectivity index (χ2v) is 4.89. The van der Waals surface area contributed by atoms with Crippen molar-refractivity contribution in [2.24, 2.45) is 0 Å². The second kappa shape index (κ2) is 5.23. The van der Waals surface area contributed by atoms with Crippen LogP contribution in [-0.4, -0.2) is 56.0 Å². The molecule has 0 aromatic heterocycles. The number of carbonyl (C=O) groups excluding carboxylic acids is 1. The number of hydrogen-bond donors (Lipinski definition) is 1. The van der Waals surface area contributed by atoms with Gasteiger partial charge in [0.15, 0.2) is 0 Å². The largest absolute Gasteiger partial charge is 0.445 e. The van der Waals surface area contributed by atoms with E-state index in [1.165, 1.54) is 6.42 Å². The van der Waals surface area contributed by atoms with Gasteiger partial charge in [0.25, 0.3) is 0 Å². The number of amides is 1. The van der Waals surface area contributed by atoms with E-state index in [0.717, 1.165) is 39.1 Å². The maximum absolute atomic E-state index is 11.2. The van der Waals surface area contributed by atoms with Gasteiger partial charge in [-0.1, -0.05) is 0 Å². The van der Waals surface area contributed by atoms with Crippen molar-refractivity contribution < 1.29 is 14.3 Å². The lowest BCUT2D eigenvalue weighted by Crippen LogP contribution is -2.42. The summed E-state index contributed by atoms with van der Waals surface area (Å²) in [4.78, 5) is 13.6. The quantitative estimate of drug-likeness (QED) is 0.798. The summed E-state index contributed by atoms with van der Waals surface area (Å²) < 4.78 is 11.0. The molecule has 0 radical (unpaired) electrons. The molecule has 2 heterocycles. The summed E-state index contributed by atoms with van der Waals surface area (Å²) in [6.45, 7) is 5.47. The molecule has 2 saturated heterocycles. The predicted molar refractivity (Wildman–Crippen MR) is 64.0 cm³/mol. The summed E-state index contributed by atoms with van der Waals surface area (Å²) in [6.07, 6.45) is 2.96. The van der Waals surface area contributed by atoms with E-state index in [-0.39, 0.29) is 17.7 Å². The monoisotopic (exact) mass is 242 g/mol. The van der Waals surface area contributed by atoms with Crippen LogP contribution in [0.1, 0.15) is 26.2 Å². The molecule has 0 unspecified atom stereocenters. The van der Waals surface area contributed by atoms with Gasteiger partial charge in [0.2, 0.25) is 0 Å². The molecule has 1 N–H and O–H groups in total. The van der Waals surface area contributed by atoms with Gasteiger partial charge in [-0.05, 0) is 26.3 Å². The fourth-order valence-electron chi connectivity index (χ4n) is 3.05. The fraction of sp³-hybridized carbons (Fsp3) is 0.917. The topological polar surface area (TPSA) is 50.8 Å². The van der Waals surface area contributed by atoms with Gasteiger partial charge in [-0.15, -0.1) is 0 Å². The molecule has 2 atom stereocenters. The molecule has 17 heavy (non-hydrogen) atoms. The number of ether oxygens (including phenoxy) is 2. The first-order valence-electron chi connectivity index (χ1n) is 6.41. The number of fused-ring (bicyclic) bond motifs is 1. The molecule has 98 valence electrons. The Morgan fingerprint density at radius 3 is 3.12 bits per heavy atom. The molecule has 5 heteroatoms. The van der Waals surface area contributed by atoms with E-state index in [4.69, 9.17) is 9.47 Å². The SMILES string of the molecule is CCOC[C@@]12CCCN1C[C@H](OC(=O)NC)C2. The van der Waals surface area contributed by atoms with Crippen molar-refractivity contribution in [2.75, 3.05) is 33.4 Å². The van der Waals surface area contributed by atoms with Crippen LogP contribution in [0, 0.1) is 0 Å². The normalized spacial score (nSPS) is 32.5. The Morgan fingerprint density at radius 1 is 1.59 bits per heavy atom. The van der Waals surface area contributed by atoms with Crippen LogP contribution in [0.5, 0.6) is 0 Å². The molecule has 0 aromatic carbocycles. The third kappa shape index (κ3) is 2.55. The van der Waals surface area contributed by atoms with E-state index < -0.39 is 0 Å². The Bertz CT molecular complexity index is 285. The van der Waals surface area contributed by atoms with Gasteiger partial charge in [0.1, 0.15) is 6.10 Å². The van der Waals surface area contributed by atoms with Crippen LogP contribution in [0.25, 0.3) is 0 Å². The van der Waals surface area contributed by atoms with Gasteiger partial charge in [-0.25, -0.2) is 4.79 Å². The third-order valence-electron chi connectivity index (χ3n) is 3.83. The highest BCUT2D eigenvalue weighted by Gasteiger charge is 2.49. The minimum absolute atomic E-state index is 0.00991. The summed E-state index contributed by atoms with van der Waals surface area (Å²) in [5, 5.41) is 2.50. The summed E-state index contributed by atoms with van der Waals surface area (Å²) in [5.41, 5.74) is 0.120. The first-order chi connectivity index (χ1) is 8.20. The molecule has 0 aromatic rings. The minimum atomic E-state index is -0.331. The van der Waals surface area contributed by atoms with E-state index in [1.54, 1.807) is 7.05 Å². The van der Waals surface area contributed by atoms with E-state index in [1.807, 2.05) is 6.92 Å². The average Bonchev–Trinajstić information content (AvgIpc) is 2.82. The molecule has 5 nitrogen and oxygen atoms in total. The lowest BCUT2D eigenvalue weighted by molar-refractivity contribution is 0.0403. The van der Waals surface area contributed by atoms with Crippen molar-refractivity contribution in [2.45, 2.75) is 37.8 Å². The summed E-state index contributed by atoms with van der Waals surface area (Å²) in [5.74, 6) is 0. The van der Waals surface area contributed by atoms with Gasteiger partial charge in [0, 0.05) is 32.2 Å². The Morgan fingerprint density at radius 2 is 2.41 bits per heavy atom. The highest BCUT2D eigenvalue weighted by atomic mass is 16.6. The highest BCUT2D eigenvalue weighted by molar-refractivity contribution is 5.66. The van der Waals surface area contributed by atoms with Crippen molar-refractivity contribution in [3.8, 4) is 0 Å². The molecule has 2 fully saturated rings.